The number of terminal acetylenes is 1. The molecule has 2 aromatic carbocycles. The maximum atomic E-state index is 5.51. The molecule has 1 heterocycles. The van der Waals surface area contributed by atoms with E-state index < -0.39 is 0 Å². The number of nitrogens with zero attached hydrogens (tertiary/aromatic N) is 1. The minimum Gasteiger partial charge on any atom is -0.481 e. The molecule has 1 aromatic heterocycles. The van der Waals surface area contributed by atoms with Crippen LogP contribution in [0.3, 0.4) is 0 Å². The molecule has 3 aromatic rings. The Bertz CT molecular complexity index is 777. The average molecular weight is 249 g/mol. The molecular weight excluding hydrogens is 234 g/mol. The van der Waals surface area contributed by atoms with Crippen molar-refractivity contribution in [1.82, 2.24) is 4.57 Å². The lowest BCUT2D eigenvalue weighted by Crippen LogP contribution is -1.94. The van der Waals surface area contributed by atoms with Gasteiger partial charge in [-0.3, -0.25) is 0 Å². The minimum absolute atomic E-state index is 0.303. The van der Waals surface area contributed by atoms with E-state index in [2.05, 4.69) is 53.8 Å². The number of ether oxygens (including phenoxy) is 1. The number of hydrogen-bond acceptors (Lipinski definition) is 1. The molecule has 0 unspecified atom stereocenters. The van der Waals surface area contributed by atoms with Gasteiger partial charge in [-0.25, -0.2) is 0 Å². The molecule has 0 saturated heterocycles. The minimum atomic E-state index is 0.303. The first-order chi connectivity index (χ1) is 9.35. The van der Waals surface area contributed by atoms with Crippen LogP contribution < -0.4 is 4.74 Å². The highest BCUT2D eigenvalue weighted by Gasteiger charge is 2.09. The number of aryl methyl sites for hydroxylation is 1. The van der Waals surface area contributed by atoms with Gasteiger partial charge in [0.25, 0.3) is 0 Å². The van der Waals surface area contributed by atoms with Gasteiger partial charge < -0.3 is 9.30 Å². The van der Waals surface area contributed by atoms with Gasteiger partial charge in [-0.15, -0.1) is 6.42 Å². The first-order valence-electron chi connectivity index (χ1n) is 6.42. The summed E-state index contributed by atoms with van der Waals surface area (Å²) in [7, 11) is 0. The first-order valence-corrected chi connectivity index (χ1v) is 6.42. The molecule has 0 amide bonds. The number of benzene rings is 2. The molecule has 2 heteroatoms. The van der Waals surface area contributed by atoms with E-state index in [1.165, 1.54) is 21.8 Å². The van der Waals surface area contributed by atoms with Gasteiger partial charge >= 0.3 is 0 Å². The van der Waals surface area contributed by atoms with Crippen molar-refractivity contribution in [2.24, 2.45) is 0 Å². The van der Waals surface area contributed by atoms with Crippen molar-refractivity contribution in [1.29, 1.82) is 0 Å². The fraction of sp³-hybridized carbons (Fsp3) is 0.176. The zero-order valence-corrected chi connectivity index (χ0v) is 10.9. The SMILES string of the molecule is C#CCOc1ccc2c(c1)c1ccccc1n2CC. The molecule has 94 valence electrons. The van der Waals surface area contributed by atoms with E-state index in [9.17, 15) is 0 Å². The van der Waals surface area contributed by atoms with Crippen molar-refractivity contribution in [3.8, 4) is 18.1 Å². The Morgan fingerprint density at radius 2 is 1.89 bits per heavy atom. The molecule has 0 aliphatic rings. The van der Waals surface area contributed by atoms with Gasteiger partial charge in [-0.1, -0.05) is 24.1 Å². The van der Waals surface area contributed by atoms with Gasteiger partial charge in [0.1, 0.15) is 12.4 Å². The summed E-state index contributed by atoms with van der Waals surface area (Å²) >= 11 is 0. The van der Waals surface area contributed by atoms with E-state index in [0.29, 0.717) is 6.61 Å². The number of fused-ring (bicyclic) bond motifs is 3. The van der Waals surface area contributed by atoms with Crippen LogP contribution in [0.4, 0.5) is 0 Å². The molecule has 19 heavy (non-hydrogen) atoms. The maximum absolute atomic E-state index is 5.51. The second-order valence-electron chi connectivity index (χ2n) is 4.43. The topological polar surface area (TPSA) is 14.2 Å². The fourth-order valence-electron chi connectivity index (χ4n) is 2.59. The van der Waals surface area contributed by atoms with E-state index in [-0.39, 0.29) is 0 Å². The molecule has 0 atom stereocenters. The number of para-hydroxylation sites is 1. The van der Waals surface area contributed by atoms with E-state index in [4.69, 9.17) is 11.2 Å². The fourth-order valence-corrected chi connectivity index (χ4v) is 2.59. The highest BCUT2D eigenvalue weighted by atomic mass is 16.5. The monoisotopic (exact) mass is 249 g/mol. The molecule has 0 N–H and O–H groups in total. The Morgan fingerprint density at radius 3 is 2.68 bits per heavy atom. The van der Waals surface area contributed by atoms with Crippen LogP contribution in [0.25, 0.3) is 21.8 Å². The summed E-state index contributed by atoms with van der Waals surface area (Å²) < 4.78 is 7.82. The summed E-state index contributed by atoms with van der Waals surface area (Å²) in [4.78, 5) is 0. The first kappa shape index (κ1) is 11.7. The summed E-state index contributed by atoms with van der Waals surface area (Å²) in [6.07, 6.45) is 5.23. The highest BCUT2D eigenvalue weighted by Crippen LogP contribution is 2.31. The van der Waals surface area contributed by atoms with Crippen LogP contribution in [-0.2, 0) is 6.54 Å². The zero-order valence-electron chi connectivity index (χ0n) is 10.9. The van der Waals surface area contributed by atoms with Gasteiger partial charge in [-0.2, -0.15) is 0 Å². The molecule has 2 nitrogen and oxygen atoms in total. The van der Waals surface area contributed by atoms with Crippen molar-refractivity contribution < 1.29 is 4.74 Å². The standard InChI is InChI=1S/C17H15NO/c1-3-11-19-13-9-10-17-15(12-13)14-7-5-6-8-16(14)18(17)4-2/h1,5-10,12H,4,11H2,2H3. The van der Waals surface area contributed by atoms with Crippen molar-refractivity contribution in [2.75, 3.05) is 6.61 Å². The number of rotatable bonds is 3. The molecular formula is C17H15NO. The molecule has 0 spiro atoms. The van der Waals surface area contributed by atoms with Crippen LogP contribution in [0, 0.1) is 12.3 Å². The second-order valence-corrected chi connectivity index (χ2v) is 4.43. The van der Waals surface area contributed by atoms with Gasteiger partial charge in [0.15, 0.2) is 0 Å². The predicted octanol–water partition coefficient (Wildman–Crippen LogP) is 3.83. The molecule has 0 radical (unpaired) electrons. The second kappa shape index (κ2) is 4.70. The van der Waals surface area contributed by atoms with Gasteiger partial charge in [0.2, 0.25) is 0 Å². The summed E-state index contributed by atoms with van der Waals surface area (Å²) in [5.41, 5.74) is 2.49. The normalized spacial score (nSPS) is 10.7. The Kier molecular flexibility index (Phi) is 2.89. The van der Waals surface area contributed by atoms with Crippen LogP contribution in [0.2, 0.25) is 0 Å². The Labute approximate surface area is 112 Å². The lowest BCUT2D eigenvalue weighted by Gasteiger charge is -2.04. The Morgan fingerprint density at radius 1 is 1.11 bits per heavy atom. The Hall–Kier alpha value is -2.40. The third kappa shape index (κ3) is 1.84. The van der Waals surface area contributed by atoms with Crippen molar-refractivity contribution in [2.45, 2.75) is 13.5 Å². The summed E-state index contributed by atoms with van der Waals surface area (Å²) in [5.74, 6) is 3.31. The van der Waals surface area contributed by atoms with Crippen LogP contribution >= 0.6 is 0 Å². The molecule has 0 fully saturated rings. The van der Waals surface area contributed by atoms with E-state index in [1.54, 1.807) is 0 Å². The predicted molar refractivity (Wildman–Crippen MR) is 79.4 cm³/mol. The average Bonchev–Trinajstić information content (AvgIpc) is 2.78. The molecule has 0 saturated carbocycles. The highest BCUT2D eigenvalue weighted by molar-refractivity contribution is 6.08. The van der Waals surface area contributed by atoms with E-state index in [0.717, 1.165) is 12.3 Å². The largest absolute Gasteiger partial charge is 0.481 e. The van der Waals surface area contributed by atoms with E-state index >= 15 is 0 Å². The van der Waals surface area contributed by atoms with Crippen LogP contribution in [0.15, 0.2) is 42.5 Å². The third-order valence-corrected chi connectivity index (χ3v) is 3.38. The summed E-state index contributed by atoms with van der Waals surface area (Å²) in [5, 5.41) is 2.47. The van der Waals surface area contributed by atoms with Crippen molar-refractivity contribution in [3.05, 3.63) is 42.5 Å². The Balaban J connectivity index is 2.27. The summed E-state index contributed by atoms with van der Waals surface area (Å²) in [6, 6.07) is 14.6. The zero-order chi connectivity index (χ0) is 13.2. The lowest BCUT2D eigenvalue weighted by molar-refractivity contribution is 0.371. The number of hydrogen-bond donors (Lipinski definition) is 0. The smallest absolute Gasteiger partial charge is 0.148 e. The third-order valence-electron chi connectivity index (χ3n) is 3.38. The van der Waals surface area contributed by atoms with E-state index in [1.807, 2.05) is 6.07 Å². The van der Waals surface area contributed by atoms with Crippen LogP contribution in [0.1, 0.15) is 6.92 Å². The molecule has 3 rings (SSSR count). The molecule has 0 bridgehead atoms. The molecule has 0 aliphatic heterocycles. The van der Waals surface area contributed by atoms with Gasteiger partial charge in [-0.05, 0) is 31.2 Å². The van der Waals surface area contributed by atoms with Crippen molar-refractivity contribution >= 4 is 21.8 Å². The van der Waals surface area contributed by atoms with Gasteiger partial charge in [0.05, 0.1) is 0 Å². The maximum Gasteiger partial charge on any atom is 0.148 e. The number of aromatic nitrogens is 1. The van der Waals surface area contributed by atoms with Crippen molar-refractivity contribution in [3.63, 3.8) is 0 Å². The van der Waals surface area contributed by atoms with Crippen LogP contribution in [0.5, 0.6) is 5.75 Å². The van der Waals surface area contributed by atoms with Gasteiger partial charge in [0, 0.05) is 28.4 Å². The molecule has 0 aliphatic carbocycles. The lowest BCUT2D eigenvalue weighted by atomic mass is 10.1. The quantitative estimate of drug-likeness (QED) is 0.643. The van der Waals surface area contributed by atoms with Crippen LogP contribution in [-0.4, -0.2) is 11.2 Å². The summed E-state index contributed by atoms with van der Waals surface area (Å²) in [6.45, 7) is 3.42.